The van der Waals surface area contributed by atoms with Crippen LogP contribution in [0.5, 0.6) is 0 Å². The van der Waals surface area contributed by atoms with Crippen LogP contribution in [0.4, 0.5) is 5.82 Å². The fourth-order valence-electron chi connectivity index (χ4n) is 2.48. The average molecular weight is 283 g/mol. The second kappa shape index (κ2) is 5.16. The number of fused-ring (bicyclic) bond motifs is 1. The molecule has 0 unspecified atom stereocenters. The first-order valence-electron chi connectivity index (χ1n) is 7.31. The fourth-order valence-corrected chi connectivity index (χ4v) is 2.48. The first-order chi connectivity index (χ1) is 10.4. The molecule has 4 rings (SSSR count). The molecule has 1 fully saturated rings. The molecule has 0 atom stereocenters. The van der Waals surface area contributed by atoms with Crippen molar-refractivity contribution in [2.45, 2.75) is 31.7 Å². The molecule has 7 heteroatoms. The number of nitrogens with one attached hydrogen (secondary N) is 1. The van der Waals surface area contributed by atoms with Gasteiger partial charge in [-0.2, -0.15) is 0 Å². The fraction of sp³-hybridized carbons (Fsp3) is 0.429. The van der Waals surface area contributed by atoms with Gasteiger partial charge in [-0.1, -0.05) is 0 Å². The van der Waals surface area contributed by atoms with Gasteiger partial charge in [0.1, 0.15) is 5.82 Å². The lowest BCUT2D eigenvalue weighted by Gasteiger charge is -2.07. The number of imidazole rings is 1. The lowest BCUT2D eigenvalue weighted by molar-refractivity contribution is 0.660. The van der Waals surface area contributed by atoms with Gasteiger partial charge in [0.15, 0.2) is 5.82 Å². The molecular weight excluding hydrogens is 266 g/mol. The highest BCUT2D eigenvalue weighted by Crippen LogP contribution is 2.39. The van der Waals surface area contributed by atoms with Crippen molar-refractivity contribution in [2.24, 2.45) is 0 Å². The van der Waals surface area contributed by atoms with Gasteiger partial charge in [0.05, 0.1) is 6.33 Å². The minimum absolute atomic E-state index is 0.580. The Bertz CT molecular complexity index is 727. The summed E-state index contributed by atoms with van der Waals surface area (Å²) >= 11 is 0. The monoisotopic (exact) mass is 283 g/mol. The number of aryl methyl sites for hydroxylation is 1. The standard InChI is InChI=1S/C14H17N7/c1(7-20-8-5-15-10-20)4-16-12-14-19-18-13(11-2-3-11)21(14)9-6-17-12/h5-6,8-11H,1-4,7H2,(H,16,17). The van der Waals surface area contributed by atoms with Gasteiger partial charge < -0.3 is 9.88 Å². The first kappa shape index (κ1) is 12.3. The van der Waals surface area contributed by atoms with Crippen LogP contribution in [-0.4, -0.2) is 35.7 Å². The Balaban J connectivity index is 1.43. The Morgan fingerprint density at radius 3 is 2.95 bits per heavy atom. The topological polar surface area (TPSA) is 72.9 Å². The normalized spacial score (nSPS) is 14.7. The lowest BCUT2D eigenvalue weighted by Crippen LogP contribution is -2.08. The largest absolute Gasteiger partial charge is 0.367 e. The molecule has 1 aliphatic rings. The number of hydrogen-bond acceptors (Lipinski definition) is 5. The van der Waals surface area contributed by atoms with E-state index < -0.39 is 0 Å². The summed E-state index contributed by atoms with van der Waals surface area (Å²) in [6, 6.07) is 0. The Morgan fingerprint density at radius 2 is 2.14 bits per heavy atom. The van der Waals surface area contributed by atoms with Crippen LogP contribution in [0.25, 0.3) is 5.65 Å². The van der Waals surface area contributed by atoms with E-state index in [9.17, 15) is 0 Å². The van der Waals surface area contributed by atoms with E-state index >= 15 is 0 Å². The molecule has 7 nitrogen and oxygen atoms in total. The molecule has 108 valence electrons. The van der Waals surface area contributed by atoms with Gasteiger partial charge in [-0.3, -0.25) is 4.40 Å². The Morgan fingerprint density at radius 1 is 1.19 bits per heavy atom. The second-order valence-corrected chi connectivity index (χ2v) is 5.38. The van der Waals surface area contributed by atoms with Crippen LogP contribution < -0.4 is 5.32 Å². The summed E-state index contributed by atoms with van der Waals surface area (Å²) in [5, 5.41) is 11.9. The molecule has 0 amide bonds. The summed E-state index contributed by atoms with van der Waals surface area (Å²) in [6.07, 6.45) is 12.8. The molecule has 0 radical (unpaired) electrons. The minimum atomic E-state index is 0.580. The van der Waals surface area contributed by atoms with Crippen LogP contribution in [-0.2, 0) is 6.54 Å². The van der Waals surface area contributed by atoms with Gasteiger partial charge >= 0.3 is 0 Å². The van der Waals surface area contributed by atoms with Crippen LogP contribution in [0.15, 0.2) is 31.1 Å². The first-order valence-corrected chi connectivity index (χ1v) is 7.31. The summed E-state index contributed by atoms with van der Waals surface area (Å²) in [6.45, 7) is 1.78. The quantitative estimate of drug-likeness (QED) is 0.697. The highest BCUT2D eigenvalue weighted by atomic mass is 15.3. The minimum Gasteiger partial charge on any atom is -0.367 e. The van der Waals surface area contributed by atoms with Crippen LogP contribution in [0.1, 0.15) is 31.0 Å². The summed E-state index contributed by atoms with van der Waals surface area (Å²) in [5.41, 5.74) is 0.821. The number of aromatic nitrogens is 6. The zero-order valence-corrected chi connectivity index (χ0v) is 11.7. The van der Waals surface area contributed by atoms with Gasteiger partial charge in [-0.15, -0.1) is 10.2 Å². The van der Waals surface area contributed by atoms with E-state index in [1.54, 1.807) is 12.4 Å². The predicted molar refractivity (Wildman–Crippen MR) is 78.1 cm³/mol. The summed E-state index contributed by atoms with van der Waals surface area (Å²) in [7, 11) is 0. The summed E-state index contributed by atoms with van der Waals surface area (Å²) < 4.78 is 4.13. The summed E-state index contributed by atoms with van der Waals surface area (Å²) in [5.74, 6) is 2.45. The highest BCUT2D eigenvalue weighted by molar-refractivity contribution is 5.62. The molecular formula is C14H17N7. The van der Waals surface area contributed by atoms with E-state index in [4.69, 9.17) is 0 Å². The zero-order valence-electron chi connectivity index (χ0n) is 11.7. The number of rotatable bonds is 6. The molecule has 3 aromatic heterocycles. The van der Waals surface area contributed by atoms with E-state index in [0.29, 0.717) is 5.92 Å². The molecule has 1 saturated carbocycles. The van der Waals surface area contributed by atoms with Gasteiger partial charge in [-0.25, -0.2) is 9.97 Å². The van der Waals surface area contributed by atoms with Crippen molar-refractivity contribution in [3.63, 3.8) is 0 Å². The van der Waals surface area contributed by atoms with E-state index in [0.717, 1.165) is 36.8 Å². The van der Waals surface area contributed by atoms with Gasteiger partial charge in [0.25, 0.3) is 0 Å². The Kier molecular flexibility index (Phi) is 3.02. The molecule has 0 spiro atoms. The maximum absolute atomic E-state index is 4.38. The Labute approximate surface area is 122 Å². The molecule has 0 saturated heterocycles. The highest BCUT2D eigenvalue weighted by Gasteiger charge is 2.29. The zero-order chi connectivity index (χ0) is 14.1. The van der Waals surface area contributed by atoms with Crippen molar-refractivity contribution in [1.82, 2.24) is 29.1 Å². The molecule has 3 aromatic rings. The molecule has 3 heterocycles. The van der Waals surface area contributed by atoms with Gasteiger partial charge in [-0.05, 0) is 19.3 Å². The van der Waals surface area contributed by atoms with Crippen LogP contribution >= 0.6 is 0 Å². The van der Waals surface area contributed by atoms with E-state index in [1.807, 2.05) is 18.7 Å². The molecule has 1 N–H and O–H groups in total. The van der Waals surface area contributed by atoms with Crippen molar-refractivity contribution in [3.8, 4) is 0 Å². The molecule has 1 aliphatic carbocycles. The van der Waals surface area contributed by atoms with Crippen molar-refractivity contribution >= 4 is 11.5 Å². The second-order valence-electron chi connectivity index (χ2n) is 5.38. The van der Waals surface area contributed by atoms with Crippen LogP contribution in [0, 0.1) is 0 Å². The summed E-state index contributed by atoms with van der Waals surface area (Å²) in [4.78, 5) is 8.41. The van der Waals surface area contributed by atoms with E-state index in [2.05, 4.69) is 34.4 Å². The van der Waals surface area contributed by atoms with Crippen molar-refractivity contribution in [1.29, 1.82) is 0 Å². The van der Waals surface area contributed by atoms with Crippen molar-refractivity contribution in [3.05, 3.63) is 36.9 Å². The maximum Gasteiger partial charge on any atom is 0.203 e. The molecule has 0 aliphatic heterocycles. The molecule has 0 bridgehead atoms. The smallest absolute Gasteiger partial charge is 0.203 e. The van der Waals surface area contributed by atoms with Crippen molar-refractivity contribution in [2.75, 3.05) is 11.9 Å². The van der Waals surface area contributed by atoms with Gasteiger partial charge in [0.2, 0.25) is 5.65 Å². The molecule has 21 heavy (non-hydrogen) atoms. The third-order valence-electron chi connectivity index (χ3n) is 3.74. The van der Waals surface area contributed by atoms with Crippen LogP contribution in [0.2, 0.25) is 0 Å². The predicted octanol–water partition coefficient (Wildman–Crippen LogP) is 1.70. The Hall–Kier alpha value is -2.44. The average Bonchev–Trinajstić information content (AvgIpc) is 3.05. The van der Waals surface area contributed by atoms with Crippen molar-refractivity contribution < 1.29 is 0 Å². The SMILES string of the molecule is c1cn(CCCNc2nccn3c(C4CC4)nnc23)cn1. The number of nitrogens with zero attached hydrogens (tertiary/aromatic N) is 6. The number of anilines is 1. The van der Waals surface area contributed by atoms with E-state index in [1.165, 1.54) is 12.8 Å². The van der Waals surface area contributed by atoms with Gasteiger partial charge in [0, 0.05) is 43.8 Å². The lowest BCUT2D eigenvalue weighted by atomic mass is 10.4. The maximum atomic E-state index is 4.38. The third-order valence-corrected chi connectivity index (χ3v) is 3.74. The van der Waals surface area contributed by atoms with Crippen LogP contribution in [0.3, 0.4) is 0 Å². The number of hydrogen-bond donors (Lipinski definition) is 1. The molecule has 0 aromatic carbocycles. The van der Waals surface area contributed by atoms with E-state index in [-0.39, 0.29) is 0 Å². The third kappa shape index (κ3) is 2.46.